The first kappa shape index (κ1) is 25.4. The number of anilines is 2. The van der Waals surface area contributed by atoms with Gasteiger partial charge in [0, 0.05) is 23.9 Å². The Morgan fingerprint density at radius 1 is 1.03 bits per heavy atom. The van der Waals surface area contributed by atoms with E-state index in [1.54, 1.807) is 49.0 Å². The molecule has 0 bridgehead atoms. The van der Waals surface area contributed by atoms with Crippen molar-refractivity contribution < 1.29 is 22.7 Å². The highest BCUT2D eigenvalue weighted by atomic mass is 32.2. The van der Waals surface area contributed by atoms with Crippen LogP contribution in [0.5, 0.6) is 5.75 Å². The van der Waals surface area contributed by atoms with Crippen LogP contribution in [-0.2, 0) is 14.6 Å². The number of aryl methyl sites for hydroxylation is 1. The maximum Gasteiger partial charge on any atom is 0.256 e. The maximum absolute atomic E-state index is 13.6. The molecule has 0 aliphatic carbocycles. The number of fused-ring (bicyclic) bond motifs is 1. The number of aromatic nitrogens is 3. The molecule has 0 radical (unpaired) electrons. The second kappa shape index (κ2) is 9.90. The highest BCUT2D eigenvalue weighted by molar-refractivity contribution is 7.91. The van der Waals surface area contributed by atoms with E-state index in [0.29, 0.717) is 51.5 Å². The average molecular weight is 534 g/mol. The third-order valence-corrected chi connectivity index (χ3v) is 8.24. The van der Waals surface area contributed by atoms with Gasteiger partial charge in [-0.3, -0.25) is 9.59 Å². The van der Waals surface area contributed by atoms with Gasteiger partial charge in [-0.1, -0.05) is 0 Å². The number of carbonyl (C=O) groups excluding carboxylic acids is 2. The predicted molar refractivity (Wildman–Crippen MR) is 145 cm³/mol. The Bertz CT molecular complexity index is 1640. The fraction of sp³-hybridized carbons (Fsp3) is 0.259. The van der Waals surface area contributed by atoms with Crippen molar-refractivity contribution in [2.45, 2.75) is 26.3 Å². The molecule has 2 aromatic heterocycles. The largest absolute Gasteiger partial charge is 0.497 e. The monoisotopic (exact) mass is 533 g/mol. The minimum atomic E-state index is -3.16. The van der Waals surface area contributed by atoms with Crippen molar-refractivity contribution >= 4 is 44.1 Å². The van der Waals surface area contributed by atoms with Crippen molar-refractivity contribution in [2.75, 3.05) is 29.2 Å². The van der Waals surface area contributed by atoms with Crippen LogP contribution >= 0.6 is 0 Å². The van der Waals surface area contributed by atoms with Crippen molar-refractivity contribution in [1.29, 1.82) is 0 Å². The lowest BCUT2D eigenvalue weighted by molar-refractivity contribution is -0.114. The van der Waals surface area contributed by atoms with Crippen LogP contribution in [0, 0.1) is 6.92 Å². The van der Waals surface area contributed by atoms with Crippen LogP contribution in [0.1, 0.15) is 35.4 Å². The van der Waals surface area contributed by atoms with Gasteiger partial charge < -0.3 is 15.4 Å². The molecule has 196 valence electrons. The van der Waals surface area contributed by atoms with Crippen LogP contribution in [0.4, 0.5) is 11.4 Å². The molecular formula is C27H27N5O5S. The fourth-order valence-corrected chi connectivity index (χ4v) is 6.36. The standard InChI is InChI=1S/C27H27N5O5S/c1-16-25-23(27(34)29-20-8-6-19(7-9-20)28-17(2)33)14-24(18-4-10-22(37-3)11-5-18)30-26(25)32(31-16)21-12-13-38(35,36)15-21/h4-11,14,21H,12-13,15H2,1-3H3,(H,28,33)(H,29,34). The minimum absolute atomic E-state index is 0.0140. The molecule has 1 aliphatic rings. The van der Waals surface area contributed by atoms with E-state index in [4.69, 9.17) is 9.72 Å². The number of nitrogens with zero attached hydrogens (tertiary/aromatic N) is 3. The van der Waals surface area contributed by atoms with Gasteiger partial charge in [0.05, 0.1) is 47.0 Å². The number of hydrogen-bond donors (Lipinski definition) is 2. The third kappa shape index (κ3) is 5.10. The summed E-state index contributed by atoms with van der Waals surface area (Å²) in [6, 6.07) is 15.5. The predicted octanol–water partition coefficient (Wildman–Crippen LogP) is 3.99. The number of amides is 2. The van der Waals surface area contributed by atoms with Crippen LogP contribution in [0.25, 0.3) is 22.3 Å². The lowest BCUT2D eigenvalue weighted by Crippen LogP contribution is -2.15. The van der Waals surface area contributed by atoms with Crippen molar-refractivity contribution in [2.24, 2.45) is 0 Å². The lowest BCUT2D eigenvalue weighted by atomic mass is 10.0. The maximum atomic E-state index is 13.6. The Hall–Kier alpha value is -4.25. The number of hydrogen-bond acceptors (Lipinski definition) is 7. The van der Waals surface area contributed by atoms with Crippen LogP contribution in [-0.4, -0.2) is 53.6 Å². The molecule has 1 aliphatic heterocycles. The second-order valence-electron chi connectivity index (χ2n) is 9.28. The molecular weight excluding hydrogens is 506 g/mol. The zero-order valence-electron chi connectivity index (χ0n) is 21.2. The summed E-state index contributed by atoms with van der Waals surface area (Å²) in [5.74, 6) is 0.223. The Morgan fingerprint density at radius 2 is 1.68 bits per heavy atom. The molecule has 0 saturated carbocycles. The molecule has 11 heteroatoms. The molecule has 1 fully saturated rings. The number of benzene rings is 2. The number of nitrogens with one attached hydrogen (secondary N) is 2. The Labute approximate surface area is 219 Å². The number of sulfone groups is 1. The fourth-order valence-electron chi connectivity index (χ4n) is 4.66. The molecule has 10 nitrogen and oxygen atoms in total. The van der Waals surface area contributed by atoms with E-state index >= 15 is 0 Å². The zero-order valence-corrected chi connectivity index (χ0v) is 22.0. The summed E-state index contributed by atoms with van der Waals surface area (Å²) in [4.78, 5) is 29.7. The van der Waals surface area contributed by atoms with Crippen molar-refractivity contribution in [1.82, 2.24) is 14.8 Å². The highest BCUT2D eigenvalue weighted by Gasteiger charge is 2.32. The molecule has 0 spiro atoms. The molecule has 1 saturated heterocycles. The summed E-state index contributed by atoms with van der Waals surface area (Å²) >= 11 is 0. The first-order valence-electron chi connectivity index (χ1n) is 12.1. The molecule has 2 aromatic carbocycles. The van der Waals surface area contributed by atoms with Crippen molar-refractivity contribution in [3.05, 3.63) is 65.9 Å². The molecule has 1 atom stereocenters. The van der Waals surface area contributed by atoms with E-state index in [2.05, 4.69) is 15.7 Å². The first-order valence-corrected chi connectivity index (χ1v) is 13.9. The van der Waals surface area contributed by atoms with E-state index in [1.807, 2.05) is 24.3 Å². The van der Waals surface area contributed by atoms with Crippen LogP contribution < -0.4 is 15.4 Å². The summed E-state index contributed by atoms with van der Waals surface area (Å²) in [5, 5.41) is 10.8. The number of methoxy groups -OCH3 is 1. The van der Waals surface area contributed by atoms with Gasteiger partial charge >= 0.3 is 0 Å². The van der Waals surface area contributed by atoms with Gasteiger partial charge in [-0.15, -0.1) is 0 Å². The molecule has 5 rings (SSSR count). The quantitative estimate of drug-likeness (QED) is 0.383. The summed E-state index contributed by atoms with van der Waals surface area (Å²) in [6.45, 7) is 3.21. The second-order valence-corrected chi connectivity index (χ2v) is 11.5. The van der Waals surface area contributed by atoms with Gasteiger partial charge in [0.1, 0.15) is 5.75 Å². The normalized spacial score (nSPS) is 16.3. The van der Waals surface area contributed by atoms with E-state index in [1.165, 1.54) is 6.92 Å². The summed E-state index contributed by atoms with van der Waals surface area (Å²) < 4.78 is 31.3. The van der Waals surface area contributed by atoms with Gasteiger partial charge in [-0.25, -0.2) is 18.1 Å². The Morgan fingerprint density at radius 3 is 2.26 bits per heavy atom. The lowest BCUT2D eigenvalue weighted by Gasteiger charge is -2.13. The number of pyridine rings is 1. The Kier molecular flexibility index (Phi) is 6.62. The van der Waals surface area contributed by atoms with Crippen molar-refractivity contribution in [3.63, 3.8) is 0 Å². The summed E-state index contributed by atoms with van der Waals surface area (Å²) in [6.07, 6.45) is 0.440. The molecule has 1 unspecified atom stereocenters. The molecule has 4 aromatic rings. The Balaban J connectivity index is 1.59. The van der Waals surface area contributed by atoms with Crippen LogP contribution in [0.15, 0.2) is 54.6 Å². The minimum Gasteiger partial charge on any atom is -0.497 e. The molecule has 38 heavy (non-hydrogen) atoms. The van der Waals surface area contributed by atoms with Crippen LogP contribution in [0.2, 0.25) is 0 Å². The zero-order chi connectivity index (χ0) is 27.0. The van der Waals surface area contributed by atoms with E-state index in [-0.39, 0.29) is 29.4 Å². The van der Waals surface area contributed by atoms with Gasteiger partial charge in [0.2, 0.25) is 5.91 Å². The molecule has 2 N–H and O–H groups in total. The van der Waals surface area contributed by atoms with Crippen LogP contribution in [0.3, 0.4) is 0 Å². The molecule has 3 heterocycles. The highest BCUT2D eigenvalue weighted by Crippen LogP contribution is 2.33. The van der Waals surface area contributed by atoms with E-state index in [0.717, 1.165) is 5.56 Å². The van der Waals surface area contributed by atoms with Crippen molar-refractivity contribution in [3.8, 4) is 17.0 Å². The topological polar surface area (TPSA) is 132 Å². The molecule has 2 amide bonds. The van der Waals surface area contributed by atoms with Gasteiger partial charge in [0.25, 0.3) is 5.91 Å². The smallest absolute Gasteiger partial charge is 0.256 e. The summed E-state index contributed by atoms with van der Waals surface area (Å²) in [7, 11) is -1.57. The first-order chi connectivity index (χ1) is 18.1. The van der Waals surface area contributed by atoms with Gasteiger partial charge in [0.15, 0.2) is 15.5 Å². The number of carbonyl (C=O) groups is 2. The summed E-state index contributed by atoms with van der Waals surface area (Å²) in [5.41, 5.74) is 3.91. The number of ether oxygens (including phenoxy) is 1. The van der Waals surface area contributed by atoms with Gasteiger partial charge in [-0.2, -0.15) is 5.10 Å². The third-order valence-electron chi connectivity index (χ3n) is 6.48. The SMILES string of the molecule is COc1ccc(-c2cc(C(=O)Nc3ccc(NC(C)=O)cc3)c3c(C)nn(C4CCS(=O)(=O)C4)c3n2)cc1. The van der Waals surface area contributed by atoms with Gasteiger partial charge in [-0.05, 0) is 67.9 Å². The van der Waals surface area contributed by atoms with E-state index in [9.17, 15) is 18.0 Å². The average Bonchev–Trinajstić information content (AvgIpc) is 3.42. The number of rotatable bonds is 6. The van der Waals surface area contributed by atoms with E-state index < -0.39 is 9.84 Å².